The van der Waals surface area contributed by atoms with Gasteiger partial charge in [-0.25, -0.2) is 0 Å². The van der Waals surface area contributed by atoms with E-state index in [1.165, 1.54) is 32.2 Å². The molecule has 0 bridgehead atoms. The minimum atomic E-state index is -0.344. The fraction of sp³-hybridized carbons (Fsp3) is 0.895. The van der Waals surface area contributed by atoms with Crippen molar-refractivity contribution in [2.24, 2.45) is 10.4 Å². The molecule has 0 aromatic carbocycles. The molecular weight excluding hydrogens is 441 g/mol. The minimum Gasteiger partial charge on any atom is -0.357 e. The van der Waals surface area contributed by atoms with E-state index in [4.69, 9.17) is 0 Å². The molecule has 6 nitrogen and oxygen atoms in total. The predicted molar refractivity (Wildman–Crippen MR) is 121 cm³/mol. The molecule has 0 aromatic heterocycles. The molecule has 1 rings (SSSR count). The second-order valence-electron chi connectivity index (χ2n) is 7.79. The molecule has 26 heavy (non-hydrogen) atoms. The molecule has 154 valence electrons. The standard InChI is InChI=1S/C19H39N5O.HI/c1-6-16-10-8-9-14-24(16)15-13-23-18(20-7-2)22-12-11-21-17(25)19(3,4)5;/h16H,6-15H2,1-5H3,(H,21,25)(H2,20,22,23);1H. The Morgan fingerprint density at radius 2 is 1.81 bits per heavy atom. The van der Waals surface area contributed by atoms with Gasteiger partial charge in [0.1, 0.15) is 0 Å². The number of carbonyl (C=O) groups is 1. The predicted octanol–water partition coefficient (Wildman–Crippen LogP) is 2.59. The van der Waals surface area contributed by atoms with E-state index in [1.807, 2.05) is 20.8 Å². The van der Waals surface area contributed by atoms with Gasteiger partial charge in [-0.2, -0.15) is 0 Å². The van der Waals surface area contributed by atoms with E-state index < -0.39 is 0 Å². The Morgan fingerprint density at radius 3 is 2.42 bits per heavy atom. The first-order chi connectivity index (χ1) is 11.9. The molecule has 1 aliphatic rings. The lowest BCUT2D eigenvalue weighted by molar-refractivity contribution is -0.128. The van der Waals surface area contributed by atoms with Crippen molar-refractivity contribution in [2.75, 3.05) is 39.3 Å². The van der Waals surface area contributed by atoms with Gasteiger partial charge in [0.05, 0.1) is 6.54 Å². The number of hydrogen-bond acceptors (Lipinski definition) is 3. The van der Waals surface area contributed by atoms with Crippen LogP contribution in [-0.2, 0) is 4.79 Å². The summed E-state index contributed by atoms with van der Waals surface area (Å²) in [7, 11) is 0. The van der Waals surface area contributed by atoms with Crippen molar-refractivity contribution in [1.29, 1.82) is 0 Å². The van der Waals surface area contributed by atoms with Gasteiger partial charge in [0, 0.05) is 37.6 Å². The summed E-state index contributed by atoms with van der Waals surface area (Å²) in [4.78, 5) is 19.1. The Kier molecular flexibility index (Phi) is 13.3. The summed E-state index contributed by atoms with van der Waals surface area (Å²) in [5.41, 5.74) is -0.344. The number of halogens is 1. The fourth-order valence-corrected chi connectivity index (χ4v) is 3.07. The van der Waals surface area contributed by atoms with Gasteiger partial charge in [-0.15, -0.1) is 24.0 Å². The molecule has 1 unspecified atom stereocenters. The number of aliphatic imine (C=N–C) groups is 1. The van der Waals surface area contributed by atoms with Crippen LogP contribution < -0.4 is 16.0 Å². The zero-order chi connectivity index (χ0) is 18.7. The van der Waals surface area contributed by atoms with Crippen LogP contribution in [0.2, 0.25) is 0 Å². The van der Waals surface area contributed by atoms with E-state index in [-0.39, 0.29) is 35.3 Å². The van der Waals surface area contributed by atoms with Crippen LogP contribution in [0.5, 0.6) is 0 Å². The number of rotatable bonds is 8. The molecule has 0 radical (unpaired) electrons. The quantitative estimate of drug-likeness (QED) is 0.216. The molecular formula is C19H40IN5O. The summed E-state index contributed by atoms with van der Waals surface area (Å²) in [6, 6.07) is 0.729. The van der Waals surface area contributed by atoms with Gasteiger partial charge in [0.25, 0.3) is 0 Å². The average Bonchev–Trinajstić information content (AvgIpc) is 2.57. The van der Waals surface area contributed by atoms with Crippen LogP contribution >= 0.6 is 24.0 Å². The highest BCUT2D eigenvalue weighted by molar-refractivity contribution is 14.0. The van der Waals surface area contributed by atoms with Crippen LogP contribution in [0.15, 0.2) is 4.99 Å². The van der Waals surface area contributed by atoms with Crippen molar-refractivity contribution in [1.82, 2.24) is 20.9 Å². The van der Waals surface area contributed by atoms with Crippen molar-refractivity contribution < 1.29 is 4.79 Å². The molecule has 1 amide bonds. The number of amides is 1. The van der Waals surface area contributed by atoms with Crippen LogP contribution in [0.3, 0.4) is 0 Å². The number of likely N-dealkylation sites (tertiary alicyclic amines) is 1. The smallest absolute Gasteiger partial charge is 0.225 e. The highest BCUT2D eigenvalue weighted by Crippen LogP contribution is 2.18. The normalized spacial score (nSPS) is 18.8. The van der Waals surface area contributed by atoms with Crippen molar-refractivity contribution in [3.8, 4) is 0 Å². The first kappa shape index (κ1) is 25.4. The molecule has 0 aromatic rings. The van der Waals surface area contributed by atoms with Gasteiger partial charge in [-0.3, -0.25) is 14.7 Å². The number of nitrogens with zero attached hydrogens (tertiary/aromatic N) is 2. The van der Waals surface area contributed by atoms with E-state index >= 15 is 0 Å². The minimum absolute atomic E-state index is 0. The summed E-state index contributed by atoms with van der Waals surface area (Å²) < 4.78 is 0. The van der Waals surface area contributed by atoms with Gasteiger partial charge in [0.2, 0.25) is 5.91 Å². The first-order valence-corrected chi connectivity index (χ1v) is 9.93. The topological polar surface area (TPSA) is 68.8 Å². The zero-order valence-corrected chi connectivity index (χ0v) is 19.7. The Morgan fingerprint density at radius 1 is 1.12 bits per heavy atom. The van der Waals surface area contributed by atoms with Crippen LogP contribution in [0.1, 0.15) is 60.3 Å². The highest BCUT2D eigenvalue weighted by Gasteiger charge is 2.21. The fourth-order valence-electron chi connectivity index (χ4n) is 3.07. The molecule has 1 aliphatic heterocycles. The van der Waals surface area contributed by atoms with Crippen molar-refractivity contribution in [2.45, 2.75) is 66.3 Å². The molecule has 7 heteroatoms. The monoisotopic (exact) mass is 481 g/mol. The van der Waals surface area contributed by atoms with Crippen LogP contribution in [-0.4, -0.2) is 62.1 Å². The Hall–Kier alpha value is -0.570. The zero-order valence-electron chi connectivity index (χ0n) is 17.4. The molecule has 0 aliphatic carbocycles. The van der Waals surface area contributed by atoms with Gasteiger partial charge in [0.15, 0.2) is 5.96 Å². The number of carbonyl (C=O) groups excluding carboxylic acids is 1. The van der Waals surface area contributed by atoms with Gasteiger partial charge >= 0.3 is 0 Å². The lowest BCUT2D eigenvalue weighted by Gasteiger charge is -2.34. The van der Waals surface area contributed by atoms with E-state index in [9.17, 15) is 4.79 Å². The van der Waals surface area contributed by atoms with Crippen LogP contribution in [0.25, 0.3) is 0 Å². The SMILES string of the molecule is CCNC(=NCCN1CCCCC1CC)NCCNC(=O)C(C)(C)C.I. The largest absolute Gasteiger partial charge is 0.357 e. The second-order valence-corrected chi connectivity index (χ2v) is 7.79. The third-order valence-corrected chi connectivity index (χ3v) is 4.61. The molecule has 0 saturated carbocycles. The van der Waals surface area contributed by atoms with E-state index in [2.05, 4.69) is 39.7 Å². The highest BCUT2D eigenvalue weighted by atomic mass is 127. The van der Waals surface area contributed by atoms with Gasteiger partial charge in [-0.1, -0.05) is 34.1 Å². The third-order valence-electron chi connectivity index (χ3n) is 4.61. The maximum absolute atomic E-state index is 11.9. The van der Waals surface area contributed by atoms with Crippen molar-refractivity contribution >= 4 is 35.8 Å². The number of nitrogens with one attached hydrogen (secondary N) is 3. The molecule has 0 spiro atoms. The average molecular weight is 481 g/mol. The molecule has 1 heterocycles. The second kappa shape index (κ2) is 13.6. The number of hydrogen-bond donors (Lipinski definition) is 3. The number of guanidine groups is 1. The van der Waals surface area contributed by atoms with Crippen molar-refractivity contribution in [3.63, 3.8) is 0 Å². The number of piperidine rings is 1. The Bertz CT molecular complexity index is 423. The summed E-state index contributed by atoms with van der Waals surface area (Å²) in [6.07, 6.45) is 5.23. The Labute approximate surface area is 177 Å². The molecule has 1 saturated heterocycles. The lowest BCUT2D eigenvalue weighted by atomic mass is 9.96. The summed E-state index contributed by atoms with van der Waals surface area (Å²) in [5.74, 6) is 0.907. The third kappa shape index (κ3) is 9.94. The Balaban J connectivity index is 0.00000625. The van der Waals surface area contributed by atoms with Crippen molar-refractivity contribution in [3.05, 3.63) is 0 Å². The maximum Gasteiger partial charge on any atom is 0.225 e. The van der Waals surface area contributed by atoms with E-state index in [0.717, 1.165) is 31.6 Å². The van der Waals surface area contributed by atoms with E-state index in [1.54, 1.807) is 0 Å². The van der Waals surface area contributed by atoms with E-state index in [0.29, 0.717) is 13.1 Å². The summed E-state index contributed by atoms with van der Waals surface area (Å²) in [6.45, 7) is 15.3. The summed E-state index contributed by atoms with van der Waals surface area (Å²) >= 11 is 0. The molecule has 1 atom stereocenters. The van der Waals surface area contributed by atoms with Gasteiger partial charge in [-0.05, 0) is 32.7 Å². The molecule has 3 N–H and O–H groups in total. The van der Waals surface area contributed by atoms with Crippen LogP contribution in [0, 0.1) is 5.41 Å². The van der Waals surface area contributed by atoms with Gasteiger partial charge < -0.3 is 16.0 Å². The first-order valence-electron chi connectivity index (χ1n) is 9.93. The maximum atomic E-state index is 11.9. The van der Waals surface area contributed by atoms with Crippen LogP contribution in [0.4, 0.5) is 0 Å². The molecule has 1 fully saturated rings. The summed E-state index contributed by atoms with van der Waals surface area (Å²) in [5, 5.41) is 9.52. The lowest BCUT2D eigenvalue weighted by Crippen LogP contribution is -2.44.